The van der Waals surface area contributed by atoms with Gasteiger partial charge in [-0.1, -0.05) is 49.6 Å². The summed E-state index contributed by atoms with van der Waals surface area (Å²) >= 11 is 0. The lowest BCUT2D eigenvalue weighted by molar-refractivity contribution is -0.268. The zero-order valence-corrected chi connectivity index (χ0v) is 21.1. The van der Waals surface area contributed by atoms with Gasteiger partial charge < -0.3 is 19.6 Å². The largest absolute Gasteiger partial charge is 0.365 e. The lowest BCUT2D eigenvalue weighted by atomic mass is 9.76. The first kappa shape index (κ1) is 25.2. The number of likely N-dealkylation sites (tertiary alicyclic amines) is 2. The van der Waals surface area contributed by atoms with Crippen LogP contribution in [0.1, 0.15) is 76.2 Å². The first-order valence-corrected chi connectivity index (χ1v) is 13.9. The fourth-order valence-electron chi connectivity index (χ4n) is 6.81. The molecule has 0 bridgehead atoms. The molecule has 1 aromatic rings. The number of rotatable bonds is 10. The molecule has 1 atom stereocenters. The van der Waals surface area contributed by atoms with Gasteiger partial charge in [0.05, 0.1) is 0 Å². The van der Waals surface area contributed by atoms with Gasteiger partial charge in [-0.05, 0) is 102 Å². The highest BCUT2D eigenvalue weighted by atomic mass is 16.6. The van der Waals surface area contributed by atoms with Gasteiger partial charge in [-0.3, -0.25) is 0 Å². The minimum absolute atomic E-state index is 0.276. The topological polar surface area (TPSA) is 35.9 Å². The molecule has 4 rings (SSSR count). The van der Waals surface area contributed by atoms with Crippen molar-refractivity contribution in [1.29, 1.82) is 0 Å². The number of aryl methyl sites for hydroxylation is 1. The van der Waals surface area contributed by atoms with Gasteiger partial charge in [0.1, 0.15) is 0 Å². The second-order valence-electron chi connectivity index (χ2n) is 11.1. The lowest BCUT2D eigenvalue weighted by Gasteiger charge is -2.47. The van der Waals surface area contributed by atoms with Crippen molar-refractivity contribution in [2.45, 2.75) is 82.8 Å². The highest BCUT2D eigenvalue weighted by molar-refractivity contribution is 5.14. The third kappa shape index (κ3) is 7.04. The Bertz CT molecular complexity index is 661. The zero-order chi connectivity index (χ0) is 22.9. The molecule has 1 saturated carbocycles. The van der Waals surface area contributed by atoms with Crippen molar-refractivity contribution < 1.29 is 9.84 Å². The summed E-state index contributed by atoms with van der Waals surface area (Å²) in [5.41, 5.74) is 1.45. The summed E-state index contributed by atoms with van der Waals surface area (Å²) in [6, 6.07) is 10.8. The zero-order valence-electron chi connectivity index (χ0n) is 21.1. The van der Waals surface area contributed by atoms with E-state index in [1.54, 1.807) is 7.11 Å². The van der Waals surface area contributed by atoms with Crippen LogP contribution in [0.5, 0.6) is 0 Å². The Hall–Kier alpha value is -0.940. The molecule has 2 heterocycles. The molecule has 3 aliphatic rings. The average Bonchev–Trinajstić information content (AvgIpc) is 2.88. The smallest absolute Gasteiger partial charge is 0.170 e. The van der Waals surface area contributed by atoms with Crippen LogP contribution >= 0.6 is 0 Å². The molecule has 1 unspecified atom stereocenters. The number of aliphatic hydroxyl groups is 1. The molecule has 3 fully saturated rings. The molecular weight excluding hydrogens is 408 g/mol. The monoisotopic (exact) mass is 456 g/mol. The van der Waals surface area contributed by atoms with Crippen LogP contribution < -0.4 is 0 Å². The van der Waals surface area contributed by atoms with Crippen molar-refractivity contribution in [2.24, 2.45) is 17.8 Å². The van der Waals surface area contributed by atoms with Gasteiger partial charge in [-0.25, -0.2) is 0 Å². The van der Waals surface area contributed by atoms with E-state index in [1.807, 2.05) is 0 Å². The summed E-state index contributed by atoms with van der Waals surface area (Å²) in [4.78, 5) is 5.27. The molecule has 4 nitrogen and oxygen atoms in total. The van der Waals surface area contributed by atoms with Gasteiger partial charge in [0.15, 0.2) is 5.79 Å². The molecule has 1 N–H and O–H groups in total. The summed E-state index contributed by atoms with van der Waals surface area (Å²) < 4.78 is 5.90. The number of ether oxygens (including phenoxy) is 1. The number of piperidine rings is 2. The molecule has 0 spiro atoms. The summed E-state index contributed by atoms with van der Waals surface area (Å²) in [6.45, 7) is 6.93. The quantitative estimate of drug-likeness (QED) is 0.380. The Labute approximate surface area is 202 Å². The van der Waals surface area contributed by atoms with Gasteiger partial charge in [0.25, 0.3) is 0 Å². The number of unbranched alkanes of at least 4 members (excludes halogenated alkanes) is 1. The molecule has 1 aromatic carbocycles. The highest BCUT2D eigenvalue weighted by Gasteiger charge is 2.46. The summed E-state index contributed by atoms with van der Waals surface area (Å²) in [5.74, 6) is 0.537. The van der Waals surface area contributed by atoms with Gasteiger partial charge >= 0.3 is 0 Å². The predicted octanol–water partition coefficient (Wildman–Crippen LogP) is 5.35. The number of hydrogen-bond acceptors (Lipinski definition) is 4. The highest BCUT2D eigenvalue weighted by Crippen LogP contribution is 2.40. The van der Waals surface area contributed by atoms with Crippen molar-refractivity contribution >= 4 is 0 Å². The number of nitrogens with zero attached hydrogens (tertiary/aromatic N) is 2. The van der Waals surface area contributed by atoms with Crippen LogP contribution in [0.15, 0.2) is 30.3 Å². The number of benzene rings is 1. The van der Waals surface area contributed by atoms with E-state index in [0.29, 0.717) is 0 Å². The Morgan fingerprint density at radius 2 is 1.42 bits per heavy atom. The summed E-state index contributed by atoms with van der Waals surface area (Å²) in [7, 11) is 1.74. The fourth-order valence-corrected chi connectivity index (χ4v) is 6.81. The maximum absolute atomic E-state index is 11.6. The van der Waals surface area contributed by atoms with Crippen LogP contribution in [0.4, 0.5) is 0 Å². The van der Waals surface area contributed by atoms with Crippen LogP contribution in [-0.2, 0) is 11.2 Å². The molecule has 4 heteroatoms. The fraction of sp³-hybridized carbons (Fsp3) is 0.793. The van der Waals surface area contributed by atoms with Gasteiger partial charge in [0.2, 0.25) is 0 Å². The van der Waals surface area contributed by atoms with E-state index in [9.17, 15) is 5.11 Å². The van der Waals surface area contributed by atoms with E-state index in [0.717, 1.165) is 57.8 Å². The first-order chi connectivity index (χ1) is 16.2. The van der Waals surface area contributed by atoms with Gasteiger partial charge in [-0.15, -0.1) is 0 Å². The van der Waals surface area contributed by atoms with E-state index in [4.69, 9.17) is 4.74 Å². The first-order valence-electron chi connectivity index (χ1n) is 13.9. The maximum Gasteiger partial charge on any atom is 0.170 e. The molecule has 0 aromatic heterocycles. The normalized spacial score (nSPS) is 24.7. The third-order valence-corrected chi connectivity index (χ3v) is 8.95. The standard InChI is InChI=1S/C29H48N2O2/c1-33-29(32,28-17-22-31(23-18-28)24-26-13-6-3-7-14-26)27-15-20-30(21-16-27)19-9-8-12-25-10-4-2-5-11-25/h2,4-5,10-11,26-28,32H,3,6-9,12-24H2,1H3. The molecule has 2 aliphatic heterocycles. The van der Waals surface area contributed by atoms with E-state index in [2.05, 4.69) is 40.1 Å². The Morgan fingerprint density at radius 1 is 0.818 bits per heavy atom. The second-order valence-corrected chi connectivity index (χ2v) is 11.1. The molecule has 0 radical (unpaired) electrons. The van der Waals surface area contributed by atoms with E-state index < -0.39 is 5.79 Å². The van der Waals surface area contributed by atoms with Gasteiger partial charge in [-0.2, -0.15) is 0 Å². The molecule has 0 amide bonds. The van der Waals surface area contributed by atoms with E-state index in [-0.39, 0.29) is 11.8 Å². The molecule has 186 valence electrons. The van der Waals surface area contributed by atoms with Crippen molar-refractivity contribution in [3.63, 3.8) is 0 Å². The van der Waals surface area contributed by atoms with Crippen LogP contribution in [0.3, 0.4) is 0 Å². The summed E-state index contributed by atoms with van der Waals surface area (Å²) in [6.07, 6.45) is 15.1. The van der Waals surface area contributed by atoms with Crippen LogP contribution in [0.25, 0.3) is 0 Å². The average molecular weight is 457 g/mol. The van der Waals surface area contributed by atoms with Crippen LogP contribution in [0.2, 0.25) is 0 Å². The van der Waals surface area contributed by atoms with Crippen molar-refractivity contribution in [3.8, 4) is 0 Å². The predicted molar refractivity (Wildman–Crippen MR) is 136 cm³/mol. The second kappa shape index (κ2) is 12.7. The number of hydrogen-bond donors (Lipinski definition) is 1. The van der Waals surface area contributed by atoms with E-state index in [1.165, 1.54) is 70.0 Å². The maximum atomic E-state index is 11.6. The van der Waals surface area contributed by atoms with E-state index >= 15 is 0 Å². The third-order valence-electron chi connectivity index (χ3n) is 8.95. The Morgan fingerprint density at radius 3 is 2.03 bits per heavy atom. The Kier molecular flexibility index (Phi) is 9.66. The SMILES string of the molecule is COC(O)(C1CCN(CCCCc2ccccc2)CC1)C1CCN(CC2CCCCC2)CC1. The minimum Gasteiger partial charge on any atom is -0.365 e. The van der Waals surface area contributed by atoms with Crippen LogP contribution in [-0.4, -0.2) is 67.1 Å². The molecular formula is C29H48N2O2. The van der Waals surface area contributed by atoms with Crippen molar-refractivity contribution in [3.05, 3.63) is 35.9 Å². The molecule has 1 aliphatic carbocycles. The molecule has 33 heavy (non-hydrogen) atoms. The van der Waals surface area contributed by atoms with Crippen molar-refractivity contribution in [2.75, 3.05) is 46.4 Å². The molecule has 2 saturated heterocycles. The Balaban J connectivity index is 1.16. The van der Waals surface area contributed by atoms with Crippen LogP contribution in [0, 0.1) is 17.8 Å². The van der Waals surface area contributed by atoms with Gasteiger partial charge in [0, 0.05) is 25.5 Å². The van der Waals surface area contributed by atoms with Crippen molar-refractivity contribution in [1.82, 2.24) is 9.80 Å². The number of methoxy groups -OCH3 is 1. The lowest BCUT2D eigenvalue weighted by Crippen LogP contribution is -2.54. The summed E-state index contributed by atoms with van der Waals surface area (Å²) in [5, 5.41) is 11.6. The minimum atomic E-state index is -0.934.